The molecule has 1 saturated heterocycles. The second-order valence-electron chi connectivity index (χ2n) is 2.03. The molecule has 0 bridgehead atoms. The lowest BCUT2D eigenvalue weighted by Crippen LogP contribution is -2.33. The Balaban J connectivity index is 2.13. The number of nitrogens with zero attached hydrogens (tertiary/aromatic N) is 1. The molecule has 2 nitrogen and oxygen atoms in total. The predicted molar refractivity (Wildman–Crippen MR) is 31.9 cm³/mol. The van der Waals surface area contributed by atoms with Crippen LogP contribution in [-0.2, 0) is 4.74 Å². The molecule has 0 aliphatic carbocycles. The van der Waals surface area contributed by atoms with Gasteiger partial charge in [-0.15, -0.1) is 0 Å². The average molecular weight is 114 g/mol. The lowest BCUT2D eigenvalue weighted by atomic mass is 10.2. The van der Waals surface area contributed by atoms with Crippen LogP contribution in [0.2, 0.25) is 0 Å². The standard InChI is InChI=1S/C6H12NO/c1-2-6-5-7-3-4-8-6/h6H,2-5H2,1H3/t6-/m1/s1. The Morgan fingerprint density at radius 2 is 2.62 bits per heavy atom. The van der Waals surface area contributed by atoms with E-state index in [1.54, 1.807) is 0 Å². The van der Waals surface area contributed by atoms with E-state index < -0.39 is 0 Å². The highest BCUT2D eigenvalue weighted by Crippen LogP contribution is 1.99. The van der Waals surface area contributed by atoms with Crippen molar-refractivity contribution in [2.75, 3.05) is 19.7 Å². The molecule has 47 valence electrons. The molecule has 0 aromatic carbocycles. The molecule has 2 heteroatoms. The summed E-state index contributed by atoms with van der Waals surface area (Å²) in [5.74, 6) is 0. The molecule has 0 spiro atoms. The van der Waals surface area contributed by atoms with Gasteiger partial charge in [-0.3, -0.25) is 0 Å². The Morgan fingerprint density at radius 1 is 1.75 bits per heavy atom. The minimum absolute atomic E-state index is 0.420. The molecule has 1 heterocycles. The first kappa shape index (κ1) is 6.05. The van der Waals surface area contributed by atoms with Crippen LogP contribution >= 0.6 is 0 Å². The largest absolute Gasteiger partial charge is 0.375 e. The van der Waals surface area contributed by atoms with E-state index in [9.17, 15) is 0 Å². The van der Waals surface area contributed by atoms with Gasteiger partial charge in [0.1, 0.15) is 0 Å². The highest BCUT2D eigenvalue weighted by Gasteiger charge is 2.10. The Labute approximate surface area is 50.2 Å². The van der Waals surface area contributed by atoms with Crippen molar-refractivity contribution in [1.82, 2.24) is 5.32 Å². The third-order valence-electron chi connectivity index (χ3n) is 1.39. The third-order valence-corrected chi connectivity index (χ3v) is 1.39. The summed E-state index contributed by atoms with van der Waals surface area (Å²) in [6.45, 7) is 4.77. The minimum atomic E-state index is 0.420. The molecule has 1 aliphatic rings. The summed E-state index contributed by atoms with van der Waals surface area (Å²) in [7, 11) is 0. The van der Waals surface area contributed by atoms with Gasteiger partial charge in [-0.2, -0.15) is 0 Å². The summed E-state index contributed by atoms with van der Waals surface area (Å²) < 4.78 is 5.33. The van der Waals surface area contributed by atoms with Crippen LogP contribution in [-0.4, -0.2) is 25.8 Å². The third kappa shape index (κ3) is 1.46. The van der Waals surface area contributed by atoms with Gasteiger partial charge in [0.05, 0.1) is 12.7 Å². The monoisotopic (exact) mass is 114 g/mol. The summed E-state index contributed by atoms with van der Waals surface area (Å²) >= 11 is 0. The number of rotatable bonds is 1. The summed E-state index contributed by atoms with van der Waals surface area (Å²) in [4.78, 5) is 0. The van der Waals surface area contributed by atoms with E-state index >= 15 is 0 Å². The summed E-state index contributed by atoms with van der Waals surface area (Å²) in [6.07, 6.45) is 1.52. The summed E-state index contributed by atoms with van der Waals surface area (Å²) in [5, 5.41) is 4.20. The Bertz CT molecular complexity index is 59.5. The fourth-order valence-electron chi connectivity index (χ4n) is 0.819. The molecule has 1 aliphatic heterocycles. The first-order valence-corrected chi connectivity index (χ1v) is 3.18. The van der Waals surface area contributed by atoms with E-state index in [0.717, 1.165) is 26.1 Å². The minimum Gasteiger partial charge on any atom is -0.375 e. The Hall–Kier alpha value is -0.0800. The van der Waals surface area contributed by atoms with Crippen molar-refractivity contribution < 1.29 is 4.74 Å². The quantitative estimate of drug-likeness (QED) is 0.484. The van der Waals surface area contributed by atoms with Gasteiger partial charge < -0.3 is 4.74 Å². The van der Waals surface area contributed by atoms with Gasteiger partial charge in [-0.05, 0) is 6.42 Å². The lowest BCUT2D eigenvalue weighted by Gasteiger charge is -2.20. The highest BCUT2D eigenvalue weighted by atomic mass is 16.5. The van der Waals surface area contributed by atoms with Gasteiger partial charge in [0.25, 0.3) is 0 Å². The first-order chi connectivity index (χ1) is 3.93. The maximum atomic E-state index is 5.33. The Morgan fingerprint density at radius 3 is 3.00 bits per heavy atom. The van der Waals surface area contributed by atoms with Crippen molar-refractivity contribution in [1.29, 1.82) is 0 Å². The summed E-state index contributed by atoms with van der Waals surface area (Å²) in [5.41, 5.74) is 0. The molecular formula is C6H12NO. The molecule has 1 fully saturated rings. The molecule has 1 radical (unpaired) electrons. The molecule has 0 saturated carbocycles. The van der Waals surface area contributed by atoms with Crippen LogP contribution in [0.3, 0.4) is 0 Å². The number of hydrogen-bond donors (Lipinski definition) is 0. The fourth-order valence-corrected chi connectivity index (χ4v) is 0.819. The molecule has 0 aromatic rings. The van der Waals surface area contributed by atoms with Gasteiger partial charge >= 0.3 is 0 Å². The number of ether oxygens (including phenoxy) is 1. The zero-order valence-corrected chi connectivity index (χ0v) is 5.26. The van der Waals surface area contributed by atoms with E-state index in [1.165, 1.54) is 0 Å². The maximum Gasteiger partial charge on any atom is 0.0714 e. The normalized spacial score (nSPS) is 30.4. The van der Waals surface area contributed by atoms with Crippen molar-refractivity contribution in [3.8, 4) is 0 Å². The van der Waals surface area contributed by atoms with Crippen molar-refractivity contribution >= 4 is 0 Å². The van der Waals surface area contributed by atoms with E-state index in [0.29, 0.717) is 6.10 Å². The maximum absolute atomic E-state index is 5.33. The number of hydrogen-bond acceptors (Lipinski definition) is 1. The smallest absolute Gasteiger partial charge is 0.0714 e. The van der Waals surface area contributed by atoms with Gasteiger partial charge in [0, 0.05) is 13.1 Å². The second-order valence-corrected chi connectivity index (χ2v) is 2.03. The van der Waals surface area contributed by atoms with E-state index in [2.05, 4.69) is 12.2 Å². The Kier molecular flexibility index (Phi) is 2.30. The number of morpholine rings is 1. The molecule has 0 unspecified atom stereocenters. The van der Waals surface area contributed by atoms with Crippen molar-refractivity contribution in [3.63, 3.8) is 0 Å². The lowest BCUT2D eigenvalue weighted by molar-refractivity contribution is 0.0251. The predicted octanol–water partition coefficient (Wildman–Crippen LogP) is 0.400. The highest BCUT2D eigenvalue weighted by molar-refractivity contribution is 4.63. The van der Waals surface area contributed by atoms with E-state index in [-0.39, 0.29) is 0 Å². The van der Waals surface area contributed by atoms with Crippen LogP contribution in [0.4, 0.5) is 0 Å². The van der Waals surface area contributed by atoms with E-state index in [1.807, 2.05) is 0 Å². The first-order valence-electron chi connectivity index (χ1n) is 3.18. The van der Waals surface area contributed by atoms with Crippen LogP contribution in [0.15, 0.2) is 0 Å². The van der Waals surface area contributed by atoms with Crippen LogP contribution in [0.5, 0.6) is 0 Å². The van der Waals surface area contributed by atoms with E-state index in [4.69, 9.17) is 4.74 Å². The van der Waals surface area contributed by atoms with Gasteiger partial charge in [-0.1, -0.05) is 6.92 Å². The van der Waals surface area contributed by atoms with Crippen molar-refractivity contribution in [2.45, 2.75) is 19.4 Å². The van der Waals surface area contributed by atoms with Crippen LogP contribution in [0.1, 0.15) is 13.3 Å². The topological polar surface area (TPSA) is 23.3 Å². The molecule has 1 atom stereocenters. The van der Waals surface area contributed by atoms with Crippen LogP contribution < -0.4 is 5.32 Å². The molecule has 0 amide bonds. The molecule has 0 aromatic heterocycles. The molecule has 8 heavy (non-hydrogen) atoms. The SMILES string of the molecule is CC[C@@H]1C[N]CCO1. The molecule has 0 N–H and O–H groups in total. The van der Waals surface area contributed by atoms with Crippen molar-refractivity contribution in [3.05, 3.63) is 0 Å². The summed E-state index contributed by atoms with van der Waals surface area (Å²) in [6, 6.07) is 0. The van der Waals surface area contributed by atoms with Gasteiger partial charge in [0.15, 0.2) is 0 Å². The molecule has 1 rings (SSSR count). The van der Waals surface area contributed by atoms with Crippen LogP contribution in [0.25, 0.3) is 0 Å². The van der Waals surface area contributed by atoms with Crippen molar-refractivity contribution in [2.24, 2.45) is 0 Å². The van der Waals surface area contributed by atoms with Gasteiger partial charge in [-0.25, -0.2) is 5.32 Å². The molecular weight excluding hydrogens is 102 g/mol. The average Bonchev–Trinajstić information content (AvgIpc) is 1.90. The van der Waals surface area contributed by atoms with Crippen LogP contribution in [0, 0.1) is 0 Å². The zero-order valence-electron chi connectivity index (χ0n) is 5.26. The zero-order chi connectivity index (χ0) is 5.82. The fraction of sp³-hybridized carbons (Fsp3) is 1.00. The van der Waals surface area contributed by atoms with Gasteiger partial charge in [0.2, 0.25) is 0 Å². The second kappa shape index (κ2) is 3.05.